The van der Waals surface area contributed by atoms with Crippen molar-refractivity contribution in [2.24, 2.45) is 0 Å². The van der Waals surface area contributed by atoms with Crippen molar-refractivity contribution in [2.75, 3.05) is 0 Å². The van der Waals surface area contributed by atoms with E-state index >= 15 is 0 Å². The van der Waals surface area contributed by atoms with Gasteiger partial charge < -0.3 is 35.0 Å². The maximum absolute atomic E-state index is 9.92. The first-order chi connectivity index (χ1) is 17.9. The molecule has 0 amide bonds. The Kier molecular flexibility index (Phi) is 13.6. The van der Waals surface area contributed by atoms with Crippen LogP contribution in [0.4, 0.5) is 0 Å². The number of fused-ring (bicyclic) bond motifs is 2. The SMILES string of the molecule is CC(C)(C)c1cccc2cccc(O)c12.CC(C)(C)c1cccc2cccc(O)c12.[Cl-].[Cl-].[Ti]=[CH]c1ccccn1. The van der Waals surface area contributed by atoms with E-state index in [1.165, 1.54) is 11.1 Å². The molecule has 6 heteroatoms. The third kappa shape index (κ3) is 9.18. The molecule has 0 bridgehead atoms. The Hall–Kier alpha value is -2.69. The third-order valence-electron chi connectivity index (χ3n) is 6.22. The summed E-state index contributed by atoms with van der Waals surface area (Å²) in [7, 11) is 0. The fourth-order valence-electron chi connectivity index (χ4n) is 4.35. The fraction of sp³-hybridized carbons (Fsp3) is 0.235. The first kappa shape index (κ1) is 35.3. The van der Waals surface area contributed by atoms with E-state index in [0.29, 0.717) is 11.5 Å². The summed E-state index contributed by atoms with van der Waals surface area (Å²) in [4.78, 5) is 4.04. The van der Waals surface area contributed by atoms with Gasteiger partial charge in [-0.25, -0.2) is 0 Å². The molecule has 1 aromatic heterocycles. The van der Waals surface area contributed by atoms with E-state index < -0.39 is 0 Å². The van der Waals surface area contributed by atoms with Crippen molar-refractivity contribution < 1.29 is 55.0 Å². The Morgan fingerprint density at radius 1 is 0.575 bits per heavy atom. The number of rotatable bonds is 1. The van der Waals surface area contributed by atoms with Gasteiger partial charge >= 0.3 is 59.4 Å². The average molecular weight is 610 g/mol. The molecule has 0 aliphatic rings. The van der Waals surface area contributed by atoms with Crippen LogP contribution in [0.3, 0.4) is 0 Å². The summed E-state index contributed by atoms with van der Waals surface area (Å²) in [5, 5.41) is 24.0. The van der Waals surface area contributed by atoms with Crippen LogP contribution in [-0.4, -0.2) is 19.5 Å². The molecule has 5 aromatic rings. The Morgan fingerprint density at radius 3 is 1.27 bits per heavy atom. The van der Waals surface area contributed by atoms with Gasteiger partial charge in [-0.2, -0.15) is 0 Å². The minimum absolute atomic E-state index is 0. The van der Waals surface area contributed by atoms with E-state index in [0.717, 1.165) is 27.2 Å². The van der Waals surface area contributed by atoms with E-state index in [1.54, 1.807) is 18.3 Å². The van der Waals surface area contributed by atoms with Crippen molar-refractivity contribution in [3.63, 3.8) is 0 Å². The monoisotopic (exact) mass is 609 g/mol. The Bertz CT molecular complexity index is 1420. The zero-order valence-electron chi connectivity index (χ0n) is 23.9. The van der Waals surface area contributed by atoms with E-state index in [4.69, 9.17) is 0 Å². The van der Waals surface area contributed by atoms with Crippen LogP contribution < -0.4 is 24.8 Å². The van der Waals surface area contributed by atoms with Crippen LogP contribution in [0.25, 0.3) is 21.5 Å². The molecule has 210 valence electrons. The van der Waals surface area contributed by atoms with Crippen LogP contribution >= 0.6 is 0 Å². The van der Waals surface area contributed by atoms with Gasteiger partial charge in [0.2, 0.25) is 0 Å². The number of pyridine rings is 1. The third-order valence-corrected chi connectivity index (χ3v) is 6.68. The van der Waals surface area contributed by atoms with Crippen molar-refractivity contribution in [3.8, 4) is 11.5 Å². The first-order valence-electron chi connectivity index (χ1n) is 12.8. The predicted octanol–water partition coefficient (Wildman–Crippen LogP) is 2.47. The standard InChI is InChI=1S/2C14H16O.C6H5N.2ClH.Ti/c2*1-14(2,3)11-8-4-6-10-7-5-9-12(15)13(10)11;1-6-4-2-3-5-7-6;;;/h2*4-9,15H,1-3H3;1-5H;2*1H;/p-2. The number of phenols is 2. The van der Waals surface area contributed by atoms with Gasteiger partial charge in [0.15, 0.2) is 0 Å². The van der Waals surface area contributed by atoms with E-state index in [2.05, 4.69) is 58.7 Å². The molecule has 0 aliphatic carbocycles. The number of nitrogens with zero attached hydrogens (tertiary/aromatic N) is 1. The molecule has 40 heavy (non-hydrogen) atoms. The van der Waals surface area contributed by atoms with E-state index in [9.17, 15) is 10.2 Å². The van der Waals surface area contributed by atoms with Crippen molar-refractivity contribution in [2.45, 2.75) is 52.4 Å². The van der Waals surface area contributed by atoms with Crippen molar-refractivity contribution in [1.29, 1.82) is 0 Å². The number of hydrogen-bond acceptors (Lipinski definition) is 3. The summed E-state index contributed by atoms with van der Waals surface area (Å²) in [5.41, 5.74) is 3.53. The van der Waals surface area contributed by atoms with E-state index in [-0.39, 0.29) is 35.6 Å². The van der Waals surface area contributed by atoms with Gasteiger partial charge in [0, 0.05) is 10.8 Å². The summed E-state index contributed by atoms with van der Waals surface area (Å²) in [6.45, 7) is 13.0. The normalized spacial score (nSPS) is 10.6. The second-order valence-electron chi connectivity index (χ2n) is 11.3. The molecule has 5 rings (SSSR count). The molecule has 0 atom stereocenters. The quantitative estimate of drug-likeness (QED) is 0.287. The zero-order valence-corrected chi connectivity index (χ0v) is 27.0. The van der Waals surface area contributed by atoms with Gasteiger partial charge in [0.1, 0.15) is 11.5 Å². The summed E-state index contributed by atoms with van der Waals surface area (Å²) < 4.78 is 1.97. The van der Waals surface area contributed by atoms with Crippen LogP contribution in [0.5, 0.6) is 11.5 Å². The number of halogens is 2. The number of phenolic OH excluding ortho intramolecular Hbond substituents is 2. The summed E-state index contributed by atoms with van der Waals surface area (Å²) in [5.74, 6) is 0.746. The molecule has 4 aromatic carbocycles. The van der Waals surface area contributed by atoms with Gasteiger partial charge in [-0.05, 0) is 44.9 Å². The molecule has 0 saturated heterocycles. The Morgan fingerprint density at radius 2 is 0.975 bits per heavy atom. The van der Waals surface area contributed by atoms with Crippen LogP contribution in [0.15, 0.2) is 97.2 Å². The number of benzene rings is 4. The zero-order chi connectivity index (χ0) is 27.9. The molecular formula is C34H37Cl2NO2Ti-2. The molecule has 0 unspecified atom stereocenters. The van der Waals surface area contributed by atoms with Gasteiger partial charge in [0.05, 0.1) is 0 Å². The van der Waals surface area contributed by atoms with Gasteiger partial charge in [-0.3, -0.25) is 0 Å². The first-order valence-corrected chi connectivity index (χ1v) is 13.7. The summed E-state index contributed by atoms with van der Waals surface area (Å²) >= 11 is 1.97. The van der Waals surface area contributed by atoms with Gasteiger partial charge in [-0.15, -0.1) is 0 Å². The number of aromatic nitrogens is 1. The minimum atomic E-state index is 0. The molecule has 2 N–H and O–H groups in total. The molecule has 0 fully saturated rings. The second-order valence-corrected chi connectivity index (χ2v) is 11.7. The predicted molar refractivity (Wildman–Crippen MR) is 158 cm³/mol. The topological polar surface area (TPSA) is 53.4 Å². The molecular weight excluding hydrogens is 573 g/mol. The molecule has 0 aliphatic heterocycles. The van der Waals surface area contributed by atoms with Gasteiger partial charge in [0.25, 0.3) is 0 Å². The van der Waals surface area contributed by atoms with Crippen molar-refractivity contribution in [1.82, 2.24) is 4.98 Å². The second kappa shape index (κ2) is 15.4. The maximum atomic E-state index is 9.92. The van der Waals surface area contributed by atoms with Crippen LogP contribution in [0, 0.1) is 0 Å². The molecule has 0 saturated carbocycles. The van der Waals surface area contributed by atoms with Crippen molar-refractivity contribution in [3.05, 3.63) is 114 Å². The Balaban J connectivity index is 0.000000306. The average Bonchev–Trinajstić information content (AvgIpc) is 2.89. The number of hydrogen-bond donors (Lipinski definition) is 2. The molecule has 1 heterocycles. The summed E-state index contributed by atoms with van der Waals surface area (Å²) in [6, 6.07) is 29.5. The van der Waals surface area contributed by atoms with E-state index in [1.807, 2.05) is 91.0 Å². The molecule has 3 nitrogen and oxygen atoms in total. The van der Waals surface area contributed by atoms with Crippen LogP contribution in [0.1, 0.15) is 58.4 Å². The molecule has 0 spiro atoms. The Labute approximate surface area is 262 Å². The van der Waals surface area contributed by atoms with Crippen LogP contribution in [-0.2, 0) is 30.8 Å². The summed E-state index contributed by atoms with van der Waals surface area (Å²) in [6.07, 6.45) is 1.79. The van der Waals surface area contributed by atoms with Crippen molar-refractivity contribution >= 4 is 25.9 Å². The van der Waals surface area contributed by atoms with Crippen LogP contribution in [0.2, 0.25) is 0 Å². The fourth-order valence-corrected chi connectivity index (χ4v) is 4.62. The molecule has 0 radical (unpaired) electrons. The number of aromatic hydroxyl groups is 2. The van der Waals surface area contributed by atoms with Gasteiger partial charge in [-0.1, -0.05) is 102 Å².